The van der Waals surface area contributed by atoms with Crippen molar-refractivity contribution in [1.29, 1.82) is 0 Å². The van der Waals surface area contributed by atoms with E-state index in [1.54, 1.807) is 31.3 Å². The average Bonchev–Trinajstić information content (AvgIpc) is 3.23. The number of hydrogen-bond acceptors (Lipinski definition) is 6. The molecule has 0 aliphatic heterocycles. The van der Waals surface area contributed by atoms with Gasteiger partial charge in [0.05, 0.1) is 11.2 Å². The van der Waals surface area contributed by atoms with Gasteiger partial charge in [0.2, 0.25) is 5.91 Å². The van der Waals surface area contributed by atoms with Crippen molar-refractivity contribution in [3.05, 3.63) is 75.1 Å². The van der Waals surface area contributed by atoms with Crippen molar-refractivity contribution in [2.75, 3.05) is 5.32 Å². The summed E-state index contributed by atoms with van der Waals surface area (Å²) in [5.41, 5.74) is 2.04. The summed E-state index contributed by atoms with van der Waals surface area (Å²) in [6.07, 6.45) is 2.38. The lowest BCUT2D eigenvalue weighted by Gasteiger charge is -2.13. The lowest BCUT2D eigenvalue weighted by molar-refractivity contribution is -0.116. The van der Waals surface area contributed by atoms with Crippen molar-refractivity contribution in [2.45, 2.75) is 33.4 Å². The van der Waals surface area contributed by atoms with Crippen LogP contribution in [0.4, 0.5) is 5.69 Å². The molecule has 31 heavy (non-hydrogen) atoms. The molecule has 8 nitrogen and oxygen atoms in total. The number of amides is 1. The first-order valence-corrected chi connectivity index (χ1v) is 10.7. The van der Waals surface area contributed by atoms with Crippen molar-refractivity contribution < 1.29 is 4.79 Å². The highest BCUT2D eigenvalue weighted by Gasteiger charge is 2.22. The van der Waals surface area contributed by atoms with E-state index in [0.717, 1.165) is 28.1 Å². The second-order valence-corrected chi connectivity index (χ2v) is 7.67. The van der Waals surface area contributed by atoms with Crippen LogP contribution in [0.25, 0.3) is 21.6 Å². The topological polar surface area (TPSA) is 98.9 Å². The van der Waals surface area contributed by atoms with Crippen molar-refractivity contribution in [1.82, 2.24) is 18.5 Å². The Morgan fingerprint density at radius 3 is 2.55 bits per heavy atom. The van der Waals surface area contributed by atoms with Gasteiger partial charge in [0.25, 0.3) is 5.56 Å². The fourth-order valence-electron chi connectivity index (χ4n) is 3.51. The van der Waals surface area contributed by atoms with Crippen LogP contribution in [0, 0.1) is 0 Å². The monoisotopic (exact) mass is 435 g/mol. The fraction of sp³-hybridized carbons (Fsp3) is 0.227. The normalized spacial score (nSPS) is 11.0. The van der Waals surface area contributed by atoms with Crippen LogP contribution in [-0.2, 0) is 24.3 Å². The Morgan fingerprint density at radius 2 is 1.84 bits per heavy atom. The molecule has 0 spiro atoms. The van der Waals surface area contributed by atoms with Gasteiger partial charge in [-0.2, -0.15) is 4.37 Å². The molecule has 3 aromatic heterocycles. The van der Waals surface area contributed by atoms with Crippen LogP contribution in [0.2, 0.25) is 0 Å². The van der Waals surface area contributed by atoms with Gasteiger partial charge in [-0.25, -0.2) is 4.79 Å². The summed E-state index contributed by atoms with van der Waals surface area (Å²) in [6.45, 7) is 3.68. The summed E-state index contributed by atoms with van der Waals surface area (Å²) in [5, 5.41) is 2.89. The van der Waals surface area contributed by atoms with Crippen LogP contribution >= 0.6 is 11.5 Å². The molecule has 1 aromatic carbocycles. The lowest BCUT2D eigenvalue weighted by atomic mass is 10.1. The molecule has 0 fully saturated rings. The van der Waals surface area contributed by atoms with Gasteiger partial charge >= 0.3 is 5.69 Å². The molecule has 4 rings (SSSR count). The number of carbonyl (C=O) groups excluding carboxylic acids is 1. The van der Waals surface area contributed by atoms with E-state index >= 15 is 0 Å². The smallest absolute Gasteiger partial charge is 0.324 e. The van der Waals surface area contributed by atoms with Gasteiger partial charge in [-0.3, -0.25) is 23.7 Å². The number of benzene rings is 1. The second-order valence-electron chi connectivity index (χ2n) is 6.90. The molecule has 0 unspecified atom stereocenters. The number of fused-ring (bicyclic) bond motifs is 1. The predicted molar refractivity (Wildman–Crippen MR) is 121 cm³/mol. The number of aryl methyl sites for hydroxylation is 1. The Labute approximate surface area is 182 Å². The Hall–Kier alpha value is -3.59. The minimum Gasteiger partial charge on any atom is -0.324 e. The Balaban J connectivity index is 1.84. The first-order chi connectivity index (χ1) is 15.0. The maximum Gasteiger partial charge on any atom is 0.332 e. The van der Waals surface area contributed by atoms with E-state index in [-0.39, 0.29) is 19.0 Å². The van der Waals surface area contributed by atoms with Gasteiger partial charge in [0.15, 0.2) is 0 Å². The third-order valence-corrected chi connectivity index (χ3v) is 5.86. The van der Waals surface area contributed by atoms with E-state index in [1.165, 1.54) is 4.57 Å². The molecule has 0 bridgehead atoms. The van der Waals surface area contributed by atoms with Gasteiger partial charge in [-0.15, -0.1) is 0 Å². The number of pyridine rings is 1. The summed E-state index contributed by atoms with van der Waals surface area (Å²) >= 11 is 1.01. The van der Waals surface area contributed by atoms with Gasteiger partial charge < -0.3 is 5.32 Å². The predicted octanol–water partition coefficient (Wildman–Crippen LogP) is 2.90. The zero-order valence-corrected chi connectivity index (χ0v) is 18.0. The zero-order valence-electron chi connectivity index (χ0n) is 17.2. The van der Waals surface area contributed by atoms with E-state index in [1.807, 2.05) is 31.2 Å². The number of anilines is 1. The summed E-state index contributed by atoms with van der Waals surface area (Å²) < 4.78 is 7.16. The summed E-state index contributed by atoms with van der Waals surface area (Å²) in [6, 6.07) is 12.9. The first-order valence-electron chi connectivity index (χ1n) is 9.97. The maximum absolute atomic E-state index is 13.1. The second kappa shape index (κ2) is 8.65. The van der Waals surface area contributed by atoms with Gasteiger partial charge in [0, 0.05) is 18.4 Å². The number of nitrogens with one attached hydrogen (secondary N) is 1. The summed E-state index contributed by atoms with van der Waals surface area (Å²) in [7, 11) is 0. The van der Waals surface area contributed by atoms with E-state index in [0.29, 0.717) is 27.3 Å². The van der Waals surface area contributed by atoms with Crippen molar-refractivity contribution in [3.8, 4) is 11.4 Å². The molecule has 4 aromatic rings. The molecule has 0 atom stereocenters. The highest BCUT2D eigenvalue weighted by molar-refractivity contribution is 7.13. The maximum atomic E-state index is 13.1. The molecular formula is C22H21N5O3S. The minimum atomic E-state index is -0.545. The van der Waals surface area contributed by atoms with E-state index < -0.39 is 11.2 Å². The van der Waals surface area contributed by atoms with Crippen LogP contribution in [0.1, 0.15) is 19.4 Å². The third-order valence-electron chi connectivity index (χ3n) is 5.04. The Kier molecular flexibility index (Phi) is 5.77. The van der Waals surface area contributed by atoms with E-state index in [9.17, 15) is 14.4 Å². The number of rotatable bonds is 6. The van der Waals surface area contributed by atoms with Crippen LogP contribution < -0.4 is 16.6 Å². The van der Waals surface area contributed by atoms with Gasteiger partial charge in [-0.1, -0.05) is 31.2 Å². The molecule has 9 heteroatoms. The van der Waals surface area contributed by atoms with Crippen LogP contribution in [0.5, 0.6) is 0 Å². The standard InChI is InChI=1S/C22H21N5O3S/c1-3-14-9-5-6-10-15(14)24-17(28)13-27-19-18(16-11-7-8-12-23-16)25-31-20(19)21(29)26(4-2)22(27)30/h5-12H,3-4,13H2,1-2H3,(H,24,28). The molecule has 1 amide bonds. The lowest BCUT2D eigenvalue weighted by Crippen LogP contribution is -2.41. The highest BCUT2D eigenvalue weighted by Crippen LogP contribution is 2.27. The molecule has 158 valence electrons. The molecule has 0 radical (unpaired) electrons. The molecule has 3 heterocycles. The number of carbonyl (C=O) groups is 1. The quantitative estimate of drug-likeness (QED) is 0.502. The third kappa shape index (κ3) is 3.79. The summed E-state index contributed by atoms with van der Waals surface area (Å²) in [4.78, 5) is 43.2. The van der Waals surface area contributed by atoms with Crippen molar-refractivity contribution in [2.24, 2.45) is 0 Å². The Bertz CT molecular complexity index is 1370. The average molecular weight is 436 g/mol. The number of aromatic nitrogens is 4. The molecule has 0 saturated carbocycles. The zero-order chi connectivity index (χ0) is 22.0. The van der Waals surface area contributed by atoms with Crippen LogP contribution in [0.3, 0.4) is 0 Å². The number of para-hydroxylation sites is 1. The molecule has 1 N–H and O–H groups in total. The highest BCUT2D eigenvalue weighted by atomic mass is 32.1. The number of hydrogen-bond donors (Lipinski definition) is 1. The minimum absolute atomic E-state index is 0.199. The van der Waals surface area contributed by atoms with E-state index in [4.69, 9.17) is 0 Å². The largest absolute Gasteiger partial charge is 0.332 e. The molecule has 0 aliphatic rings. The molecule has 0 aliphatic carbocycles. The van der Waals surface area contributed by atoms with E-state index in [2.05, 4.69) is 14.7 Å². The first kappa shape index (κ1) is 20.7. The SMILES string of the molecule is CCc1ccccc1NC(=O)Cn1c(=O)n(CC)c(=O)c2snc(-c3ccccn3)c21. The van der Waals surface area contributed by atoms with Gasteiger partial charge in [0.1, 0.15) is 16.9 Å². The van der Waals surface area contributed by atoms with Gasteiger partial charge in [-0.05, 0) is 48.6 Å². The van der Waals surface area contributed by atoms with Crippen LogP contribution in [0.15, 0.2) is 58.3 Å². The number of nitrogens with zero attached hydrogens (tertiary/aromatic N) is 4. The summed E-state index contributed by atoms with van der Waals surface area (Å²) in [5.74, 6) is -0.358. The van der Waals surface area contributed by atoms with Crippen molar-refractivity contribution in [3.63, 3.8) is 0 Å². The Morgan fingerprint density at radius 1 is 1.06 bits per heavy atom. The van der Waals surface area contributed by atoms with Crippen molar-refractivity contribution >= 4 is 33.3 Å². The molecular weight excluding hydrogens is 414 g/mol. The van der Waals surface area contributed by atoms with Crippen LogP contribution in [-0.4, -0.2) is 24.4 Å². The molecule has 0 saturated heterocycles. The fourth-order valence-corrected chi connectivity index (χ4v) is 4.35.